The first kappa shape index (κ1) is 16.7. The Balaban J connectivity index is 2.25. The van der Waals surface area contributed by atoms with Crippen molar-refractivity contribution in [3.05, 3.63) is 24.2 Å². The number of carbonyl (C=O) groups excluding carboxylic acids is 2. The van der Waals surface area contributed by atoms with Crippen LogP contribution in [-0.4, -0.2) is 35.5 Å². The SMILES string of the molecule is CC(CCCNC(=O)C(C)NC(=O)c1ccco1)C(=O)O. The zero-order chi connectivity index (χ0) is 15.8. The van der Waals surface area contributed by atoms with Crippen LogP contribution in [0.25, 0.3) is 0 Å². The minimum Gasteiger partial charge on any atom is -0.481 e. The minimum absolute atomic E-state index is 0.143. The van der Waals surface area contributed by atoms with Gasteiger partial charge >= 0.3 is 5.97 Å². The van der Waals surface area contributed by atoms with Crippen molar-refractivity contribution in [1.82, 2.24) is 10.6 Å². The number of nitrogens with one attached hydrogen (secondary N) is 2. The van der Waals surface area contributed by atoms with E-state index in [4.69, 9.17) is 9.52 Å². The molecular formula is C14H20N2O5. The summed E-state index contributed by atoms with van der Waals surface area (Å²) < 4.78 is 4.92. The third kappa shape index (κ3) is 5.68. The van der Waals surface area contributed by atoms with Crippen LogP contribution in [0.4, 0.5) is 0 Å². The van der Waals surface area contributed by atoms with Gasteiger partial charge in [0, 0.05) is 6.54 Å². The van der Waals surface area contributed by atoms with Gasteiger partial charge in [-0.15, -0.1) is 0 Å². The van der Waals surface area contributed by atoms with Crippen LogP contribution in [0, 0.1) is 5.92 Å². The van der Waals surface area contributed by atoms with E-state index in [9.17, 15) is 14.4 Å². The van der Waals surface area contributed by atoms with E-state index in [1.165, 1.54) is 12.3 Å². The van der Waals surface area contributed by atoms with E-state index in [2.05, 4.69) is 10.6 Å². The number of aliphatic carboxylic acids is 1. The van der Waals surface area contributed by atoms with Gasteiger partial charge in [-0.25, -0.2) is 0 Å². The molecule has 0 aromatic carbocycles. The summed E-state index contributed by atoms with van der Waals surface area (Å²) in [5, 5.41) is 13.9. The molecule has 1 rings (SSSR count). The summed E-state index contributed by atoms with van der Waals surface area (Å²) in [6, 6.07) is 2.40. The highest BCUT2D eigenvalue weighted by molar-refractivity contribution is 5.95. The van der Waals surface area contributed by atoms with E-state index in [0.717, 1.165) is 0 Å². The molecule has 0 aliphatic heterocycles. The van der Waals surface area contributed by atoms with E-state index in [1.54, 1.807) is 19.9 Å². The van der Waals surface area contributed by atoms with Gasteiger partial charge in [-0.05, 0) is 31.9 Å². The lowest BCUT2D eigenvalue weighted by molar-refractivity contribution is -0.141. The topological polar surface area (TPSA) is 109 Å². The van der Waals surface area contributed by atoms with Crippen LogP contribution in [-0.2, 0) is 9.59 Å². The fourth-order valence-electron chi connectivity index (χ4n) is 1.64. The van der Waals surface area contributed by atoms with Crippen LogP contribution in [0.3, 0.4) is 0 Å². The molecule has 2 amide bonds. The Morgan fingerprint density at radius 1 is 1.33 bits per heavy atom. The first-order valence-electron chi connectivity index (χ1n) is 6.76. The predicted molar refractivity (Wildman–Crippen MR) is 74.7 cm³/mol. The van der Waals surface area contributed by atoms with Crippen molar-refractivity contribution in [3.63, 3.8) is 0 Å². The Morgan fingerprint density at radius 3 is 2.62 bits per heavy atom. The maximum atomic E-state index is 11.8. The molecule has 1 aromatic heterocycles. The van der Waals surface area contributed by atoms with Gasteiger partial charge in [0.2, 0.25) is 5.91 Å². The Kier molecular flexibility index (Phi) is 6.45. The highest BCUT2D eigenvalue weighted by Gasteiger charge is 2.17. The van der Waals surface area contributed by atoms with E-state index in [1.807, 2.05) is 0 Å². The highest BCUT2D eigenvalue weighted by atomic mass is 16.4. The fourth-order valence-corrected chi connectivity index (χ4v) is 1.64. The standard InChI is InChI=1S/C14H20N2O5/c1-9(14(19)20)5-3-7-15-12(17)10(2)16-13(18)11-6-4-8-21-11/h4,6,8-10H,3,5,7H2,1-2H3,(H,15,17)(H,16,18)(H,19,20). The second-order valence-corrected chi connectivity index (χ2v) is 4.84. The molecule has 2 unspecified atom stereocenters. The number of amides is 2. The average molecular weight is 296 g/mol. The van der Waals surface area contributed by atoms with Gasteiger partial charge in [0.1, 0.15) is 6.04 Å². The lowest BCUT2D eigenvalue weighted by Crippen LogP contribution is -2.45. The molecule has 0 spiro atoms. The minimum atomic E-state index is -0.847. The number of furan rings is 1. The first-order valence-corrected chi connectivity index (χ1v) is 6.76. The van der Waals surface area contributed by atoms with Crippen molar-refractivity contribution in [2.45, 2.75) is 32.7 Å². The molecule has 0 saturated heterocycles. The zero-order valence-corrected chi connectivity index (χ0v) is 12.1. The molecule has 1 aromatic rings. The number of hydrogen-bond acceptors (Lipinski definition) is 4. The van der Waals surface area contributed by atoms with Gasteiger partial charge in [-0.2, -0.15) is 0 Å². The van der Waals surface area contributed by atoms with Crippen molar-refractivity contribution in [2.75, 3.05) is 6.54 Å². The number of carboxylic acid groups (broad SMARTS) is 1. The quantitative estimate of drug-likeness (QED) is 0.620. The lowest BCUT2D eigenvalue weighted by Gasteiger charge is -2.13. The second kappa shape index (κ2) is 8.08. The summed E-state index contributed by atoms with van der Waals surface area (Å²) in [4.78, 5) is 34.0. The molecule has 7 heteroatoms. The van der Waals surface area contributed by atoms with Crippen molar-refractivity contribution < 1.29 is 23.9 Å². The molecule has 0 aliphatic rings. The maximum absolute atomic E-state index is 11.8. The summed E-state index contributed by atoms with van der Waals surface area (Å²) in [6.45, 7) is 3.56. The van der Waals surface area contributed by atoms with Crippen molar-refractivity contribution >= 4 is 17.8 Å². The van der Waals surface area contributed by atoms with Crippen molar-refractivity contribution in [1.29, 1.82) is 0 Å². The van der Waals surface area contributed by atoms with E-state index in [0.29, 0.717) is 19.4 Å². The molecule has 116 valence electrons. The molecule has 3 N–H and O–H groups in total. The Bertz CT molecular complexity index is 484. The Hall–Kier alpha value is -2.31. The third-order valence-corrected chi connectivity index (χ3v) is 3.02. The molecule has 21 heavy (non-hydrogen) atoms. The van der Waals surface area contributed by atoms with Crippen LogP contribution < -0.4 is 10.6 Å². The smallest absolute Gasteiger partial charge is 0.306 e. The van der Waals surface area contributed by atoms with Crippen LogP contribution in [0.15, 0.2) is 22.8 Å². The van der Waals surface area contributed by atoms with Gasteiger partial charge in [0.15, 0.2) is 5.76 Å². The average Bonchev–Trinajstić information content (AvgIpc) is 2.96. The molecule has 1 heterocycles. The molecule has 2 atom stereocenters. The van der Waals surface area contributed by atoms with Gasteiger partial charge in [-0.1, -0.05) is 6.92 Å². The predicted octanol–water partition coefficient (Wildman–Crippen LogP) is 1.01. The largest absolute Gasteiger partial charge is 0.481 e. The zero-order valence-electron chi connectivity index (χ0n) is 12.1. The van der Waals surface area contributed by atoms with Gasteiger partial charge in [-0.3, -0.25) is 14.4 Å². The van der Waals surface area contributed by atoms with Gasteiger partial charge < -0.3 is 20.2 Å². The van der Waals surface area contributed by atoms with Crippen LogP contribution in [0.1, 0.15) is 37.2 Å². The highest BCUT2D eigenvalue weighted by Crippen LogP contribution is 2.04. The Labute approximate surface area is 122 Å². The summed E-state index contributed by atoms with van der Waals surface area (Å²) in [5.74, 6) is -1.91. The summed E-state index contributed by atoms with van der Waals surface area (Å²) in [7, 11) is 0. The number of hydrogen-bond donors (Lipinski definition) is 3. The summed E-state index contributed by atoms with van der Waals surface area (Å²) in [6.07, 6.45) is 2.43. The lowest BCUT2D eigenvalue weighted by atomic mass is 10.1. The van der Waals surface area contributed by atoms with Crippen LogP contribution >= 0.6 is 0 Å². The third-order valence-electron chi connectivity index (χ3n) is 3.02. The number of rotatable bonds is 8. The molecule has 0 saturated carbocycles. The molecule has 0 radical (unpaired) electrons. The number of carbonyl (C=O) groups is 3. The normalized spacial score (nSPS) is 13.2. The molecule has 7 nitrogen and oxygen atoms in total. The maximum Gasteiger partial charge on any atom is 0.306 e. The van der Waals surface area contributed by atoms with Crippen LogP contribution in [0.2, 0.25) is 0 Å². The summed E-state index contributed by atoms with van der Waals surface area (Å²) in [5.41, 5.74) is 0. The van der Waals surface area contributed by atoms with E-state index >= 15 is 0 Å². The van der Waals surface area contributed by atoms with E-state index < -0.39 is 23.8 Å². The molecule has 0 fully saturated rings. The molecule has 0 bridgehead atoms. The second-order valence-electron chi connectivity index (χ2n) is 4.84. The molecular weight excluding hydrogens is 276 g/mol. The monoisotopic (exact) mass is 296 g/mol. The number of carboxylic acids is 1. The van der Waals surface area contributed by atoms with Crippen molar-refractivity contribution in [3.8, 4) is 0 Å². The Morgan fingerprint density at radius 2 is 2.05 bits per heavy atom. The van der Waals surface area contributed by atoms with Crippen LogP contribution in [0.5, 0.6) is 0 Å². The van der Waals surface area contributed by atoms with Gasteiger partial charge in [0.05, 0.1) is 12.2 Å². The first-order chi connectivity index (χ1) is 9.91. The van der Waals surface area contributed by atoms with Crippen molar-refractivity contribution in [2.24, 2.45) is 5.92 Å². The summed E-state index contributed by atoms with van der Waals surface area (Å²) >= 11 is 0. The fraction of sp³-hybridized carbons (Fsp3) is 0.500. The van der Waals surface area contributed by atoms with Gasteiger partial charge in [0.25, 0.3) is 5.91 Å². The van der Waals surface area contributed by atoms with E-state index in [-0.39, 0.29) is 11.7 Å². The molecule has 0 aliphatic carbocycles.